The van der Waals surface area contributed by atoms with Gasteiger partial charge in [-0.1, -0.05) is 0 Å². The van der Waals surface area contributed by atoms with Gasteiger partial charge in [0.2, 0.25) is 6.33 Å². The summed E-state index contributed by atoms with van der Waals surface area (Å²) < 4.78 is 4.36. The molecule has 0 saturated heterocycles. The number of hydrogen-bond donors (Lipinski definition) is 0. The Morgan fingerprint density at radius 1 is 1.45 bits per heavy atom. The van der Waals surface area contributed by atoms with Gasteiger partial charge in [0.1, 0.15) is 12.4 Å². The molecule has 2 nitrogen and oxygen atoms in total. The number of imidazole rings is 1. The highest BCUT2D eigenvalue weighted by Gasteiger charge is 2.03. The molecule has 0 atom stereocenters. The summed E-state index contributed by atoms with van der Waals surface area (Å²) in [7, 11) is 0. The molecule has 1 aromatic rings. The van der Waals surface area contributed by atoms with Gasteiger partial charge in [-0.25, -0.2) is 9.13 Å². The van der Waals surface area contributed by atoms with E-state index in [4.69, 9.17) is 0 Å². The minimum atomic E-state index is 0. The zero-order chi connectivity index (χ0) is 7.56. The maximum absolute atomic E-state index is 2.20. The van der Waals surface area contributed by atoms with Gasteiger partial charge in [0.25, 0.3) is 0 Å². The van der Waals surface area contributed by atoms with Gasteiger partial charge in [-0.15, -0.1) is 0 Å². The van der Waals surface area contributed by atoms with Crippen molar-refractivity contribution in [3.8, 4) is 0 Å². The van der Waals surface area contributed by atoms with Crippen LogP contribution in [-0.2, 0) is 6.54 Å². The molecular formula is C8H15IN2. The van der Waals surface area contributed by atoms with Crippen LogP contribution in [0.4, 0.5) is 0 Å². The lowest BCUT2D eigenvalue weighted by atomic mass is 10.4. The zero-order valence-electron chi connectivity index (χ0n) is 7.29. The van der Waals surface area contributed by atoms with E-state index in [0.29, 0.717) is 6.04 Å². The van der Waals surface area contributed by atoms with Gasteiger partial charge in [-0.3, -0.25) is 0 Å². The molecule has 11 heavy (non-hydrogen) atoms. The molecule has 0 radical (unpaired) electrons. The van der Waals surface area contributed by atoms with Crippen LogP contribution in [0.3, 0.4) is 0 Å². The van der Waals surface area contributed by atoms with Gasteiger partial charge < -0.3 is 24.0 Å². The average Bonchev–Trinajstić information content (AvgIpc) is 2.34. The van der Waals surface area contributed by atoms with Crippen molar-refractivity contribution in [2.75, 3.05) is 0 Å². The van der Waals surface area contributed by atoms with E-state index in [9.17, 15) is 0 Å². The average molecular weight is 266 g/mol. The molecule has 0 N–H and O–H groups in total. The van der Waals surface area contributed by atoms with Crippen molar-refractivity contribution in [3.63, 3.8) is 0 Å². The third kappa shape index (κ3) is 2.81. The normalized spacial score (nSPS) is 9.82. The zero-order valence-corrected chi connectivity index (χ0v) is 9.45. The molecule has 0 unspecified atom stereocenters. The van der Waals surface area contributed by atoms with E-state index in [2.05, 4.69) is 48.6 Å². The summed E-state index contributed by atoms with van der Waals surface area (Å²) in [6, 6.07) is 0.577. The van der Waals surface area contributed by atoms with Crippen molar-refractivity contribution in [3.05, 3.63) is 18.7 Å². The lowest BCUT2D eigenvalue weighted by Gasteiger charge is -1.96. The molecule has 0 aliphatic carbocycles. The summed E-state index contributed by atoms with van der Waals surface area (Å²) in [6.07, 6.45) is 6.33. The SMILES string of the molecule is CC[n+]1ccn(C(C)C)c1.[I-]. The van der Waals surface area contributed by atoms with Crippen molar-refractivity contribution in [2.24, 2.45) is 0 Å². The number of nitrogens with zero attached hydrogens (tertiary/aromatic N) is 2. The number of hydrogen-bond acceptors (Lipinski definition) is 0. The predicted octanol–water partition coefficient (Wildman–Crippen LogP) is -1.62. The summed E-state index contributed by atoms with van der Waals surface area (Å²) in [5.74, 6) is 0. The van der Waals surface area contributed by atoms with E-state index in [1.165, 1.54) is 0 Å². The third-order valence-corrected chi connectivity index (χ3v) is 1.67. The third-order valence-electron chi connectivity index (χ3n) is 1.67. The summed E-state index contributed by atoms with van der Waals surface area (Å²) in [5.41, 5.74) is 0. The molecule has 1 rings (SSSR count). The van der Waals surface area contributed by atoms with Gasteiger partial charge in [0.15, 0.2) is 0 Å². The lowest BCUT2D eigenvalue weighted by Crippen LogP contribution is -3.00. The standard InChI is InChI=1S/C8H15N2.HI/c1-4-9-5-6-10(7-9)8(2)3;/h5-8H,4H2,1-3H3;1H/q+1;/p-1. The van der Waals surface area contributed by atoms with Gasteiger partial charge in [0, 0.05) is 0 Å². The van der Waals surface area contributed by atoms with Crippen molar-refractivity contribution < 1.29 is 28.5 Å². The second-order valence-corrected chi connectivity index (χ2v) is 2.79. The Bertz CT molecular complexity index is 206. The van der Waals surface area contributed by atoms with Crippen LogP contribution in [0.25, 0.3) is 0 Å². The largest absolute Gasteiger partial charge is 1.00 e. The van der Waals surface area contributed by atoms with Gasteiger partial charge in [-0.2, -0.15) is 0 Å². The molecular weight excluding hydrogens is 251 g/mol. The van der Waals surface area contributed by atoms with Crippen molar-refractivity contribution >= 4 is 0 Å². The van der Waals surface area contributed by atoms with Crippen LogP contribution >= 0.6 is 0 Å². The van der Waals surface area contributed by atoms with Crippen LogP contribution in [0, 0.1) is 0 Å². The molecule has 0 fully saturated rings. The molecule has 0 saturated carbocycles. The van der Waals surface area contributed by atoms with Gasteiger partial charge in [0.05, 0.1) is 12.6 Å². The van der Waals surface area contributed by atoms with Crippen LogP contribution in [0.2, 0.25) is 0 Å². The molecule has 1 aromatic heterocycles. The number of halogens is 1. The fraction of sp³-hybridized carbons (Fsp3) is 0.625. The number of aryl methyl sites for hydroxylation is 1. The van der Waals surface area contributed by atoms with Crippen LogP contribution in [0.5, 0.6) is 0 Å². The van der Waals surface area contributed by atoms with E-state index in [1.54, 1.807) is 0 Å². The minimum Gasteiger partial charge on any atom is -1.00 e. The molecule has 64 valence electrons. The van der Waals surface area contributed by atoms with E-state index in [0.717, 1.165) is 6.54 Å². The van der Waals surface area contributed by atoms with Gasteiger partial charge in [-0.05, 0) is 20.8 Å². The molecule has 0 bridgehead atoms. The summed E-state index contributed by atoms with van der Waals surface area (Å²) >= 11 is 0. The first-order chi connectivity index (χ1) is 4.74. The first-order valence-corrected chi connectivity index (χ1v) is 3.80. The fourth-order valence-electron chi connectivity index (χ4n) is 0.903. The van der Waals surface area contributed by atoms with Crippen LogP contribution in [-0.4, -0.2) is 4.57 Å². The van der Waals surface area contributed by atoms with Crippen LogP contribution < -0.4 is 28.5 Å². The Kier molecular flexibility index (Phi) is 4.72. The maximum atomic E-state index is 2.20. The second-order valence-electron chi connectivity index (χ2n) is 2.79. The summed E-state index contributed by atoms with van der Waals surface area (Å²) in [6.45, 7) is 7.56. The Morgan fingerprint density at radius 2 is 2.09 bits per heavy atom. The minimum absolute atomic E-state index is 0. The molecule has 0 aliphatic rings. The quantitative estimate of drug-likeness (QED) is 0.449. The number of rotatable bonds is 2. The Balaban J connectivity index is 0.000001000. The van der Waals surface area contributed by atoms with Crippen molar-refractivity contribution in [1.29, 1.82) is 0 Å². The van der Waals surface area contributed by atoms with Crippen LogP contribution in [0.15, 0.2) is 18.7 Å². The van der Waals surface area contributed by atoms with E-state index < -0.39 is 0 Å². The molecule has 0 aliphatic heterocycles. The van der Waals surface area contributed by atoms with E-state index >= 15 is 0 Å². The topological polar surface area (TPSA) is 8.81 Å². The Morgan fingerprint density at radius 3 is 2.36 bits per heavy atom. The van der Waals surface area contributed by atoms with Crippen molar-refractivity contribution in [1.82, 2.24) is 4.57 Å². The first-order valence-electron chi connectivity index (χ1n) is 3.80. The van der Waals surface area contributed by atoms with Gasteiger partial charge >= 0.3 is 0 Å². The highest BCUT2D eigenvalue weighted by molar-refractivity contribution is 4.69. The Labute approximate surface area is 85.2 Å². The monoisotopic (exact) mass is 266 g/mol. The van der Waals surface area contributed by atoms with E-state index in [1.807, 2.05) is 0 Å². The van der Waals surface area contributed by atoms with Crippen LogP contribution in [0.1, 0.15) is 26.8 Å². The molecule has 0 spiro atoms. The van der Waals surface area contributed by atoms with Crippen molar-refractivity contribution in [2.45, 2.75) is 33.4 Å². The fourth-order valence-corrected chi connectivity index (χ4v) is 0.903. The molecule has 1 heterocycles. The highest BCUT2D eigenvalue weighted by atomic mass is 127. The smallest absolute Gasteiger partial charge is 0.243 e. The first kappa shape index (κ1) is 10.9. The highest BCUT2D eigenvalue weighted by Crippen LogP contribution is 1.99. The molecule has 0 aromatic carbocycles. The summed E-state index contributed by atoms with van der Waals surface area (Å²) in [4.78, 5) is 0. The lowest BCUT2D eigenvalue weighted by molar-refractivity contribution is -0.693. The second kappa shape index (κ2) is 4.74. The maximum Gasteiger partial charge on any atom is 0.243 e. The summed E-state index contributed by atoms with van der Waals surface area (Å²) in [5, 5.41) is 0. The number of aromatic nitrogens is 2. The van der Waals surface area contributed by atoms with E-state index in [-0.39, 0.29) is 24.0 Å². The Hall–Kier alpha value is -0.0600. The predicted molar refractivity (Wildman–Crippen MR) is 40.7 cm³/mol. The molecule has 0 amide bonds. The molecule has 3 heteroatoms.